The number of nitrogens with one attached hydrogen (secondary N) is 2. The molecule has 5 rings (SSSR count). The Hall–Kier alpha value is -4.31. The molecule has 0 aliphatic heterocycles. The number of methoxy groups -OCH3 is 1. The van der Waals surface area contributed by atoms with Crippen LogP contribution >= 0.6 is 35.0 Å². The maximum Gasteiger partial charge on any atom is 0.255 e. The topological polar surface area (TPSA) is 98.1 Å². The van der Waals surface area contributed by atoms with Gasteiger partial charge < -0.3 is 15.4 Å². The van der Waals surface area contributed by atoms with Crippen molar-refractivity contribution in [2.75, 3.05) is 23.5 Å². The SMILES string of the molecule is COc1cc(NC(=O)c2ccccc2)c(C)cc1NC(=O)CSc1nnc(-c2cccc(Cl)c2)n1-c1ccc(Cl)cc1. The van der Waals surface area contributed by atoms with Crippen LogP contribution in [-0.2, 0) is 4.79 Å². The first-order valence-electron chi connectivity index (χ1n) is 12.8. The molecule has 0 saturated heterocycles. The zero-order valence-electron chi connectivity index (χ0n) is 22.6. The lowest BCUT2D eigenvalue weighted by Crippen LogP contribution is -2.16. The lowest BCUT2D eigenvalue weighted by atomic mass is 10.1. The van der Waals surface area contributed by atoms with Gasteiger partial charge in [-0.2, -0.15) is 0 Å². The van der Waals surface area contributed by atoms with E-state index in [0.29, 0.717) is 43.7 Å². The number of carbonyl (C=O) groups is 2. The third-order valence-electron chi connectivity index (χ3n) is 6.24. The van der Waals surface area contributed by atoms with Gasteiger partial charge in [-0.05, 0) is 67.1 Å². The van der Waals surface area contributed by atoms with Crippen molar-refractivity contribution in [3.8, 4) is 22.8 Å². The predicted molar refractivity (Wildman–Crippen MR) is 168 cm³/mol. The third-order valence-corrected chi connectivity index (χ3v) is 7.65. The Morgan fingerprint density at radius 1 is 0.857 bits per heavy atom. The van der Waals surface area contributed by atoms with Gasteiger partial charge in [0.15, 0.2) is 11.0 Å². The van der Waals surface area contributed by atoms with Crippen molar-refractivity contribution < 1.29 is 14.3 Å². The summed E-state index contributed by atoms with van der Waals surface area (Å²) in [4.78, 5) is 25.7. The van der Waals surface area contributed by atoms with Crippen molar-refractivity contribution in [1.29, 1.82) is 0 Å². The first-order chi connectivity index (χ1) is 20.3. The molecule has 0 unspecified atom stereocenters. The molecule has 0 spiro atoms. The molecule has 1 aromatic heterocycles. The van der Waals surface area contributed by atoms with Crippen LogP contribution < -0.4 is 15.4 Å². The van der Waals surface area contributed by atoms with Gasteiger partial charge in [0.25, 0.3) is 5.91 Å². The second-order valence-electron chi connectivity index (χ2n) is 9.15. The van der Waals surface area contributed by atoms with Gasteiger partial charge in [0.2, 0.25) is 5.91 Å². The van der Waals surface area contributed by atoms with Crippen molar-refractivity contribution in [3.05, 3.63) is 112 Å². The fraction of sp³-hybridized carbons (Fsp3) is 0.0968. The average molecular weight is 619 g/mol. The number of hydrogen-bond acceptors (Lipinski definition) is 6. The van der Waals surface area contributed by atoms with Gasteiger partial charge >= 0.3 is 0 Å². The number of amides is 2. The molecule has 2 amide bonds. The number of hydrogen-bond donors (Lipinski definition) is 2. The Kier molecular flexibility index (Phi) is 9.12. The molecule has 0 saturated carbocycles. The summed E-state index contributed by atoms with van der Waals surface area (Å²) in [6.07, 6.45) is 0. The fourth-order valence-electron chi connectivity index (χ4n) is 4.19. The molecule has 1 heterocycles. The van der Waals surface area contributed by atoms with Crippen molar-refractivity contribution in [1.82, 2.24) is 14.8 Å². The summed E-state index contributed by atoms with van der Waals surface area (Å²) in [5.41, 5.74) is 3.93. The Labute approximate surface area is 257 Å². The zero-order valence-corrected chi connectivity index (χ0v) is 24.9. The third kappa shape index (κ3) is 6.76. The lowest BCUT2D eigenvalue weighted by molar-refractivity contribution is -0.113. The lowest BCUT2D eigenvalue weighted by Gasteiger charge is -2.15. The number of aryl methyl sites for hydroxylation is 1. The maximum atomic E-state index is 13.1. The maximum absolute atomic E-state index is 13.1. The average Bonchev–Trinajstić information content (AvgIpc) is 3.42. The number of thioether (sulfide) groups is 1. The summed E-state index contributed by atoms with van der Waals surface area (Å²) in [6, 6.07) is 27.0. The molecule has 42 heavy (non-hydrogen) atoms. The number of aromatic nitrogens is 3. The minimum Gasteiger partial charge on any atom is -0.494 e. The number of nitrogens with zero attached hydrogens (tertiary/aromatic N) is 3. The minimum atomic E-state index is -0.270. The van der Waals surface area contributed by atoms with Crippen LogP contribution in [0.3, 0.4) is 0 Å². The molecule has 4 aromatic carbocycles. The van der Waals surface area contributed by atoms with E-state index in [1.165, 1.54) is 18.9 Å². The van der Waals surface area contributed by atoms with Crippen LogP contribution in [0, 0.1) is 6.92 Å². The van der Waals surface area contributed by atoms with Crippen molar-refractivity contribution >= 4 is 58.2 Å². The van der Waals surface area contributed by atoms with Gasteiger partial charge in [-0.15, -0.1) is 10.2 Å². The first kappa shape index (κ1) is 29.2. The van der Waals surface area contributed by atoms with Gasteiger partial charge in [0.1, 0.15) is 5.75 Å². The van der Waals surface area contributed by atoms with E-state index in [1.54, 1.807) is 60.7 Å². The van der Waals surface area contributed by atoms with Crippen molar-refractivity contribution in [3.63, 3.8) is 0 Å². The van der Waals surface area contributed by atoms with Crippen LogP contribution in [0.25, 0.3) is 17.1 Å². The molecule has 0 bridgehead atoms. The summed E-state index contributed by atoms with van der Waals surface area (Å²) < 4.78 is 7.38. The Morgan fingerprint density at radius 3 is 2.33 bits per heavy atom. The number of anilines is 2. The molecule has 8 nitrogen and oxygen atoms in total. The molecule has 0 radical (unpaired) electrons. The van der Waals surface area contributed by atoms with Crippen LogP contribution in [0.5, 0.6) is 5.75 Å². The monoisotopic (exact) mass is 617 g/mol. The number of benzene rings is 4. The zero-order chi connectivity index (χ0) is 29.6. The van der Waals surface area contributed by atoms with E-state index in [-0.39, 0.29) is 17.6 Å². The van der Waals surface area contributed by atoms with E-state index in [2.05, 4.69) is 20.8 Å². The summed E-state index contributed by atoms with van der Waals surface area (Å²) >= 11 is 13.6. The summed E-state index contributed by atoms with van der Waals surface area (Å²) in [7, 11) is 1.50. The van der Waals surface area contributed by atoms with Gasteiger partial charge in [-0.1, -0.05) is 65.3 Å². The van der Waals surface area contributed by atoms with E-state index >= 15 is 0 Å². The van der Waals surface area contributed by atoms with Crippen LogP contribution in [0.2, 0.25) is 10.0 Å². The normalized spacial score (nSPS) is 10.8. The highest BCUT2D eigenvalue weighted by molar-refractivity contribution is 7.99. The number of rotatable bonds is 9. The predicted octanol–water partition coefficient (Wildman–Crippen LogP) is 7.54. The molecule has 212 valence electrons. The summed E-state index contributed by atoms with van der Waals surface area (Å²) in [6.45, 7) is 1.84. The number of carbonyl (C=O) groups excluding carboxylic acids is 2. The molecule has 11 heteroatoms. The molecule has 0 aliphatic rings. The molecule has 5 aromatic rings. The number of ether oxygens (including phenoxy) is 1. The van der Waals surface area contributed by atoms with Crippen LogP contribution in [-0.4, -0.2) is 39.4 Å². The molecule has 0 fully saturated rings. The van der Waals surface area contributed by atoms with Gasteiger partial charge in [0.05, 0.1) is 18.6 Å². The Balaban J connectivity index is 1.34. The van der Waals surface area contributed by atoms with Gasteiger partial charge in [-0.25, -0.2) is 0 Å². The summed E-state index contributed by atoms with van der Waals surface area (Å²) in [5.74, 6) is 0.531. The van der Waals surface area contributed by atoms with E-state index in [1.807, 2.05) is 41.8 Å². The molecular weight excluding hydrogens is 593 g/mol. The van der Waals surface area contributed by atoms with Gasteiger partial charge in [-0.3, -0.25) is 14.2 Å². The largest absolute Gasteiger partial charge is 0.494 e. The van der Waals surface area contributed by atoms with E-state index in [9.17, 15) is 9.59 Å². The van der Waals surface area contributed by atoms with Crippen LogP contribution in [0.4, 0.5) is 11.4 Å². The van der Waals surface area contributed by atoms with Crippen LogP contribution in [0.15, 0.2) is 96.2 Å². The van der Waals surface area contributed by atoms with E-state index in [4.69, 9.17) is 27.9 Å². The highest BCUT2D eigenvalue weighted by Crippen LogP contribution is 2.33. The molecule has 0 atom stereocenters. The highest BCUT2D eigenvalue weighted by Gasteiger charge is 2.19. The summed E-state index contributed by atoms with van der Waals surface area (Å²) in [5, 5.41) is 16.3. The Bertz CT molecular complexity index is 1740. The highest BCUT2D eigenvalue weighted by atomic mass is 35.5. The van der Waals surface area contributed by atoms with Crippen LogP contribution in [0.1, 0.15) is 15.9 Å². The second-order valence-corrected chi connectivity index (χ2v) is 11.0. The van der Waals surface area contributed by atoms with Crippen molar-refractivity contribution in [2.45, 2.75) is 12.1 Å². The smallest absolute Gasteiger partial charge is 0.255 e. The van der Waals surface area contributed by atoms with Crippen molar-refractivity contribution in [2.24, 2.45) is 0 Å². The molecular formula is C31H25Cl2N5O3S. The molecule has 2 N–H and O–H groups in total. The first-order valence-corrected chi connectivity index (χ1v) is 14.5. The van der Waals surface area contributed by atoms with E-state index < -0.39 is 0 Å². The number of halogens is 2. The second kappa shape index (κ2) is 13.1. The fourth-order valence-corrected chi connectivity index (χ4v) is 5.26. The Morgan fingerprint density at radius 2 is 1.62 bits per heavy atom. The van der Waals surface area contributed by atoms with E-state index in [0.717, 1.165) is 16.8 Å². The quantitative estimate of drug-likeness (QED) is 0.166. The standard InChI is InChI=1S/C31H25Cl2N5O3S/c1-19-15-26(27(41-2)17-25(19)35-30(40)20-7-4-3-5-8-20)34-28(39)18-42-31-37-36-29(21-9-6-10-23(33)16-21)38(31)24-13-11-22(32)12-14-24/h3-17H,18H2,1-2H3,(H,34,39)(H,35,40). The minimum absolute atomic E-state index is 0.0516. The molecule has 0 aliphatic carbocycles. The van der Waals surface area contributed by atoms with Gasteiger partial charge in [0, 0.05) is 38.6 Å².